The van der Waals surface area contributed by atoms with Gasteiger partial charge in [0, 0.05) is 0 Å². The van der Waals surface area contributed by atoms with E-state index in [9.17, 15) is 0 Å². The standard InChI is InChI=1S/C3H11NO2S/c1-2-3-7(4,5)6/h5-6H,2-4H2,1H3. The molecule has 7 heavy (non-hydrogen) atoms. The molecule has 0 fully saturated rings. The molecule has 0 aromatic heterocycles. The van der Waals surface area contributed by atoms with E-state index in [0.717, 1.165) is 6.42 Å². The maximum absolute atomic E-state index is 8.43. The van der Waals surface area contributed by atoms with E-state index in [1.807, 2.05) is 6.92 Å². The minimum absolute atomic E-state index is 0.312. The van der Waals surface area contributed by atoms with Crippen molar-refractivity contribution in [3.8, 4) is 0 Å². The maximum Gasteiger partial charge on any atom is 0.0523 e. The van der Waals surface area contributed by atoms with Crippen LogP contribution in [0.2, 0.25) is 0 Å². The van der Waals surface area contributed by atoms with Crippen molar-refractivity contribution in [1.82, 2.24) is 0 Å². The van der Waals surface area contributed by atoms with E-state index >= 15 is 0 Å². The lowest BCUT2D eigenvalue weighted by Gasteiger charge is -2.24. The fourth-order valence-corrected chi connectivity index (χ4v) is 0.901. The summed E-state index contributed by atoms with van der Waals surface area (Å²) in [7, 11) is -2.67. The molecule has 4 N–H and O–H groups in total. The lowest BCUT2D eigenvalue weighted by atomic mass is 10.6. The van der Waals surface area contributed by atoms with Crippen molar-refractivity contribution in [2.45, 2.75) is 13.3 Å². The van der Waals surface area contributed by atoms with Crippen LogP contribution < -0.4 is 5.14 Å². The van der Waals surface area contributed by atoms with Crippen molar-refractivity contribution in [1.29, 1.82) is 0 Å². The first-order valence-electron chi connectivity index (χ1n) is 2.10. The first kappa shape index (κ1) is 7.23. The summed E-state index contributed by atoms with van der Waals surface area (Å²) < 4.78 is 16.9. The van der Waals surface area contributed by atoms with Crippen LogP contribution in [0.4, 0.5) is 0 Å². The van der Waals surface area contributed by atoms with Gasteiger partial charge < -0.3 is 0 Å². The highest BCUT2D eigenvalue weighted by Crippen LogP contribution is 2.27. The molecule has 4 heteroatoms. The van der Waals surface area contributed by atoms with Gasteiger partial charge in [0.2, 0.25) is 0 Å². The van der Waals surface area contributed by atoms with Crippen molar-refractivity contribution in [2.75, 3.05) is 5.75 Å². The second kappa shape index (κ2) is 2.52. The third-order valence-electron chi connectivity index (χ3n) is 0.505. The average Bonchev–Trinajstić information content (AvgIpc) is 1.30. The van der Waals surface area contributed by atoms with E-state index < -0.39 is 10.8 Å². The van der Waals surface area contributed by atoms with Crippen LogP contribution in [0.5, 0.6) is 0 Å². The lowest BCUT2D eigenvalue weighted by Crippen LogP contribution is -2.11. The second-order valence-electron chi connectivity index (χ2n) is 1.42. The van der Waals surface area contributed by atoms with Gasteiger partial charge in [0.1, 0.15) is 0 Å². The summed E-state index contributed by atoms with van der Waals surface area (Å²) in [6.07, 6.45) is 0.721. The molecule has 0 saturated carbocycles. The van der Waals surface area contributed by atoms with E-state index in [1.165, 1.54) is 0 Å². The van der Waals surface area contributed by atoms with Crippen LogP contribution in [0.1, 0.15) is 13.3 Å². The lowest BCUT2D eigenvalue weighted by molar-refractivity contribution is 0.488. The Balaban J connectivity index is 3.15. The zero-order chi connectivity index (χ0) is 5.91. The van der Waals surface area contributed by atoms with E-state index in [2.05, 4.69) is 0 Å². The summed E-state index contributed by atoms with van der Waals surface area (Å²) in [4.78, 5) is 0. The highest BCUT2D eigenvalue weighted by molar-refractivity contribution is 8.22. The molecule has 0 aliphatic rings. The molecule has 0 aromatic carbocycles. The third-order valence-corrected chi connectivity index (χ3v) is 1.51. The quantitative estimate of drug-likeness (QED) is 0.516. The van der Waals surface area contributed by atoms with Crippen LogP contribution in [0.15, 0.2) is 0 Å². The second-order valence-corrected chi connectivity index (χ2v) is 3.26. The van der Waals surface area contributed by atoms with Gasteiger partial charge in [0.05, 0.1) is 5.75 Å². The normalized spacial score (nSPS) is 14.3. The fraction of sp³-hybridized carbons (Fsp3) is 1.00. The molecule has 0 heterocycles. The summed E-state index contributed by atoms with van der Waals surface area (Å²) in [6.45, 7) is 1.85. The molecule has 0 unspecified atom stereocenters. The van der Waals surface area contributed by atoms with Gasteiger partial charge >= 0.3 is 0 Å². The van der Waals surface area contributed by atoms with Crippen molar-refractivity contribution in [3.63, 3.8) is 0 Å². The predicted octanol–water partition coefficient (Wildman–Crippen LogP) is 1.02. The first-order valence-corrected chi connectivity index (χ1v) is 3.88. The van der Waals surface area contributed by atoms with Crippen molar-refractivity contribution in [3.05, 3.63) is 0 Å². The van der Waals surface area contributed by atoms with Gasteiger partial charge in [0.15, 0.2) is 0 Å². The Morgan fingerprint density at radius 1 is 1.57 bits per heavy atom. The van der Waals surface area contributed by atoms with Crippen LogP contribution in [0, 0.1) is 0 Å². The maximum atomic E-state index is 8.43. The monoisotopic (exact) mass is 125 g/mol. The van der Waals surface area contributed by atoms with Crippen LogP contribution in [0.3, 0.4) is 0 Å². The van der Waals surface area contributed by atoms with Gasteiger partial charge in [-0.3, -0.25) is 9.11 Å². The molecule has 0 bridgehead atoms. The summed E-state index contributed by atoms with van der Waals surface area (Å²) in [5.41, 5.74) is 0. The van der Waals surface area contributed by atoms with E-state index in [1.54, 1.807) is 0 Å². The molecule has 0 spiro atoms. The molecule has 0 aromatic rings. The predicted molar refractivity (Wildman–Crippen MR) is 32.2 cm³/mol. The van der Waals surface area contributed by atoms with Crippen LogP contribution in [-0.4, -0.2) is 14.9 Å². The van der Waals surface area contributed by atoms with Crippen LogP contribution in [-0.2, 0) is 0 Å². The van der Waals surface area contributed by atoms with Gasteiger partial charge in [-0.05, 0) is 6.42 Å². The molecular formula is C3H11NO2S. The molecule has 0 rings (SSSR count). The Kier molecular flexibility index (Phi) is 2.60. The first-order chi connectivity index (χ1) is 3.06. The smallest absolute Gasteiger partial charge is 0.0523 e. The molecule has 0 aliphatic heterocycles. The fourth-order valence-electron chi connectivity index (χ4n) is 0.300. The van der Waals surface area contributed by atoms with Crippen molar-refractivity contribution >= 4 is 10.8 Å². The highest BCUT2D eigenvalue weighted by Gasteiger charge is 1.98. The molecule has 3 nitrogen and oxygen atoms in total. The molecule has 0 saturated heterocycles. The minimum atomic E-state index is -2.67. The summed E-state index contributed by atoms with van der Waals surface area (Å²) in [6, 6.07) is 0. The number of hydrogen-bond acceptors (Lipinski definition) is 3. The van der Waals surface area contributed by atoms with Crippen LogP contribution in [0.25, 0.3) is 0 Å². The number of nitrogens with two attached hydrogens (primary N) is 1. The molecule has 0 atom stereocenters. The van der Waals surface area contributed by atoms with Crippen LogP contribution >= 0.6 is 10.8 Å². The van der Waals surface area contributed by atoms with Gasteiger partial charge in [-0.15, -0.1) is 10.8 Å². The topological polar surface area (TPSA) is 66.5 Å². The highest BCUT2D eigenvalue weighted by atomic mass is 32.3. The van der Waals surface area contributed by atoms with Gasteiger partial charge in [-0.2, -0.15) is 0 Å². The van der Waals surface area contributed by atoms with E-state index in [4.69, 9.17) is 14.2 Å². The molecule has 0 aliphatic carbocycles. The summed E-state index contributed by atoms with van der Waals surface area (Å²) in [5, 5.41) is 4.84. The molecule has 46 valence electrons. The Hall–Kier alpha value is 0.230. The van der Waals surface area contributed by atoms with Gasteiger partial charge in [-0.25, -0.2) is 5.14 Å². The number of hydrogen-bond donors (Lipinski definition) is 3. The SMILES string of the molecule is CCCS(N)(O)O. The molecule has 0 amide bonds. The van der Waals surface area contributed by atoms with Gasteiger partial charge in [0.25, 0.3) is 0 Å². The summed E-state index contributed by atoms with van der Waals surface area (Å²) >= 11 is 0. The van der Waals surface area contributed by atoms with Crippen molar-refractivity contribution in [2.24, 2.45) is 5.14 Å². The minimum Gasteiger partial charge on any atom is -0.286 e. The van der Waals surface area contributed by atoms with Crippen molar-refractivity contribution < 1.29 is 9.11 Å². The third kappa shape index (κ3) is 6.23. The van der Waals surface area contributed by atoms with E-state index in [-0.39, 0.29) is 0 Å². The summed E-state index contributed by atoms with van der Waals surface area (Å²) in [5.74, 6) is 0.312. The Labute approximate surface area is 45.0 Å². The average molecular weight is 125 g/mol. The number of rotatable bonds is 2. The molecular weight excluding hydrogens is 114 g/mol. The van der Waals surface area contributed by atoms with E-state index in [0.29, 0.717) is 5.75 Å². The zero-order valence-electron chi connectivity index (χ0n) is 4.29. The largest absolute Gasteiger partial charge is 0.286 e. The Morgan fingerprint density at radius 2 is 2.00 bits per heavy atom. The zero-order valence-corrected chi connectivity index (χ0v) is 5.11. The van der Waals surface area contributed by atoms with Gasteiger partial charge in [-0.1, -0.05) is 6.92 Å². The Morgan fingerprint density at radius 3 is 2.00 bits per heavy atom. The Bertz CT molecular complexity index is 51.4. The molecule has 0 radical (unpaired) electrons.